The van der Waals surface area contributed by atoms with Gasteiger partial charge in [0.05, 0.1) is 21.8 Å². The largest absolute Gasteiger partial charge is 0.392 e. The Hall–Kier alpha value is -1.05. The number of benzene rings is 1. The summed E-state index contributed by atoms with van der Waals surface area (Å²) in [5, 5.41) is 10.6. The zero-order valence-electron chi connectivity index (χ0n) is 16.6. The van der Waals surface area contributed by atoms with Crippen molar-refractivity contribution in [2.45, 2.75) is 50.8 Å². The molecule has 1 unspecified atom stereocenters. The minimum Gasteiger partial charge on any atom is -0.392 e. The molecule has 0 saturated carbocycles. The van der Waals surface area contributed by atoms with Gasteiger partial charge in [0.2, 0.25) is 0 Å². The summed E-state index contributed by atoms with van der Waals surface area (Å²) in [7, 11) is 0. The maximum atomic E-state index is 10.6. The monoisotopic (exact) mass is 401 g/mol. The second kappa shape index (κ2) is 8.00. The fourth-order valence-corrected chi connectivity index (χ4v) is 6.38. The van der Waals surface area contributed by atoms with Crippen molar-refractivity contribution in [1.29, 1.82) is 0 Å². The predicted octanol–water partition coefficient (Wildman–Crippen LogP) is 3.12. The Labute approximate surface area is 171 Å². The van der Waals surface area contributed by atoms with Gasteiger partial charge in [0.15, 0.2) is 0 Å². The number of ether oxygens (including phenoxy) is 1. The summed E-state index contributed by atoms with van der Waals surface area (Å²) in [5.74, 6) is 0. The molecule has 1 spiro atoms. The average molecular weight is 402 g/mol. The van der Waals surface area contributed by atoms with Gasteiger partial charge in [-0.3, -0.25) is 9.80 Å². The van der Waals surface area contributed by atoms with Crippen molar-refractivity contribution in [1.82, 2.24) is 14.8 Å². The van der Waals surface area contributed by atoms with E-state index in [1.165, 1.54) is 23.1 Å². The molecule has 0 amide bonds. The summed E-state index contributed by atoms with van der Waals surface area (Å²) in [6.45, 7) is 7.04. The van der Waals surface area contributed by atoms with Crippen molar-refractivity contribution in [3.8, 4) is 0 Å². The molecule has 2 aromatic rings. The molecule has 1 aromatic heterocycles. The molecule has 1 atom stereocenters. The lowest BCUT2D eigenvalue weighted by Crippen LogP contribution is -2.57. The Kier molecular flexibility index (Phi) is 5.41. The first-order chi connectivity index (χ1) is 13.7. The SMILES string of the molecule is OC1CN(C2CCOCC2)CC2(CCN(Cc3cccc4ncsc34)CC2)C1. The zero-order valence-corrected chi connectivity index (χ0v) is 17.4. The van der Waals surface area contributed by atoms with Crippen LogP contribution >= 0.6 is 11.3 Å². The smallest absolute Gasteiger partial charge is 0.0815 e. The van der Waals surface area contributed by atoms with Gasteiger partial charge in [-0.15, -0.1) is 11.3 Å². The minimum atomic E-state index is -0.172. The van der Waals surface area contributed by atoms with Crippen LogP contribution in [0.3, 0.4) is 0 Å². The summed E-state index contributed by atoms with van der Waals surface area (Å²) >= 11 is 1.75. The maximum Gasteiger partial charge on any atom is 0.0815 e. The van der Waals surface area contributed by atoms with Crippen LogP contribution in [0.5, 0.6) is 0 Å². The Balaban J connectivity index is 1.23. The van der Waals surface area contributed by atoms with Gasteiger partial charge in [-0.25, -0.2) is 4.98 Å². The van der Waals surface area contributed by atoms with Gasteiger partial charge < -0.3 is 9.84 Å². The Morgan fingerprint density at radius 1 is 1.21 bits per heavy atom. The average Bonchev–Trinajstić information content (AvgIpc) is 3.20. The topological polar surface area (TPSA) is 48.8 Å². The lowest BCUT2D eigenvalue weighted by molar-refractivity contribution is -0.0726. The molecule has 28 heavy (non-hydrogen) atoms. The van der Waals surface area contributed by atoms with Crippen LogP contribution in [-0.2, 0) is 11.3 Å². The van der Waals surface area contributed by atoms with E-state index in [-0.39, 0.29) is 6.10 Å². The van der Waals surface area contributed by atoms with Crippen LogP contribution < -0.4 is 0 Å². The Morgan fingerprint density at radius 3 is 2.86 bits per heavy atom. The van der Waals surface area contributed by atoms with E-state index in [0.29, 0.717) is 11.5 Å². The molecule has 1 N–H and O–H groups in total. The lowest BCUT2D eigenvalue weighted by atomic mass is 9.71. The number of thiazole rings is 1. The van der Waals surface area contributed by atoms with E-state index >= 15 is 0 Å². The first-order valence-corrected chi connectivity index (χ1v) is 11.6. The highest BCUT2D eigenvalue weighted by atomic mass is 32.1. The van der Waals surface area contributed by atoms with E-state index < -0.39 is 0 Å². The highest BCUT2D eigenvalue weighted by Gasteiger charge is 2.43. The van der Waals surface area contributed by atoms with Crippen molar-refractivity contribution >= 4 is 21.6 Å². The number of β-amino-alcohol motifs (C(OH)–C–C–N with tert-alkyl or cyclic N) is 1. The summed E-state index contributed by atoms with van der Waals surface area (Å²) < 4.78 is 6.89. The maximum absolute atomic E-state index is 10.6. The van der Waals surface area contributed by atoms with Crippen LogP contribution in [0.1, 0.15) is 37.7 Å². The number of fused-ring (bicyclic) bond motifs is 1. The van der Waals surface area contributed by atoms with E-state index in [9.17, 15) is 5.11 Å². The van der Waals surface area contributed by atoms with E-state index in [0.717, 1.165) is 70.7 Å². The number of aromatic nitrogens is 1. The number of hydrogen-bond donors (Lipinski definition) is 1. The normalized spacial score (nSPS) is 27.5. The van der Waals surface area contributed by atoms with Gasteiger partial charge in [0, 0.05) is 38.9 Å². The van der Waals surface area contributed by atoms with Crippen molar-refractivity contribution in [3.05, 3.63) is 29.3 Å². The first-order valence-electron chi connectivity index (χ1n) is 10.7. The van der Waals surface area contributed by atoms with Crippen LogP contribution in [-0.4, -0.2) is 71.4 Å². The Bertz CT molecular complexity index is 796. The highest BCUT2D eigenvalue weighted by Crippen LogP contribution is 2.41. The van der Waals surface area contributed by atoms with Crippen molar-refractivity contribution in [2.75, 3.05) is 39.4 Å². The van der Waals surface area contributed by atoms with Crippen molar-refractivity contribution < 1.29 is 9.84 Å². The Morgan fingerprint density at radius 2 is 2.04 bits per heavy atom. The molecule has 3 saturated heterocycles. The third kappa shape index (κ3) is 3.85. The molecule has 4 heterocycles. The van der Waals surface area contributed by atoms with E-state index in [1.54, 1.807) is 11.3 Å². The van der Waals surface area contributed by atoms with Gasteiger partial charge in [-0.2, -0.15) is 0 Å². The number of likely N-dealkylation sites (tertiary alicyclic amines) is 2. The molecule has 6 heteroatoms. The third-order valence-corrected chi connectivity index (χ3v) is 8.03. The molecule has 3 aliphatic heterocycles. The zero-order chi connectivity index (χ0) is 19.0. The molecule has 152 valence electrons. The number of nitrogens with zero attached hydrogens (tertiary/aromatic N) is 3. The molecule has 3 fully saturated rings. The molecule has 5 rings (SSSR count). The fourth-order valence-electron chi connectivity index (χ4n) is 5.58. The second-order valence-electron chi connectivity index (χ2n) is 9.02. The molecule has 0 radical (unpaired) electrons. The molecule has 0 aliphatic carbocycles. The van der Waals surface area contributed by atoms with E-state index in [2.05, 4.69) is 33.0 Å². The van der Waals surface area contributed by atoms with Crippen molar-refractivity contribution in [3.63, 3.8) is 0 Å². The molecule has 1 aromatic carbocycles. The lowest BCUT2D eigenvalue weighted by Gasteiger charge is -2.51. The first kappa shape index (κ1) is 18.9. The number of hydrogen-bond acceptors (Lipinski definition) is 6. The highest BCUT2D eigenvalue weighted by molar-refractivity contribution is 7.16. The van der Waals surface area contributed by atoms with Crippen LogP contribution in [0.2, 0.25) is 0 Å². The summed E-state index contributed by atoms with van der Waals surface area (Å²) in [6.07, 6.45) is 5.44. The quantitative estimate of drug-likeness (QED) is 0.856. The van der Waals surface area contributed by atoms with Crippen LogP contribution in [0.4, 0.5) is 0 Å². The summed E-state index contributed by atoms with van der Waals surface area (Å²) in [4.78, 5) is 9.64. The van der Waals surface area contributed by atoms with Gasteiger partial charge in [0.1, 0.15) is 0 Å². The summed E-state index contributed by atoms with van der Waals surface area (Å²) in [5.41, 5.74) is 4.78. The van der Waals surface area contributed by atoms with Crippen LogP contribution in [0.25, 0.3) is 10.2 Å². The van der Waals surface area contributed by atoms with Gasteiger partial charge in [-0.1, -0.05) is 12.1 Å². The molecule has 3 aliphatic rings. The predicted molar refractivity (Wildman–Crippen MR) is 113 cm³/mol. The van der Waals surface area contributed by atoms with Gasteiger partial charge in [-0.05, 0) is 62.2 Å². The number of aliphatic hydroxyl groups is 1. The number of rotatable bonds is 3. The molecular formula is C22H31N3O2S. The fraction of sp³-hybridized carbons (Fsp3) is 0.682. The third-order valence-electron chi connectivity index (χ3n) is 7.11. The number of aliphatic hydroxyl groups excluding tert-OH is 1. The van der Waals surface area contributed by atoms with Gasteiger partial charge >= 0.3 is 0 Å². The number of piperidine rings is 2. The van der Waals surface area contributed by atoms with Crippen molar-refractivity contribution in [2.24, 2.45) is 5.41 Å². The molecular weight excluding hydrogens is 370 g/mol. The second-order valence-corrected chi connectivity index (χ2v) is 9.88. The van der Waals surface area contributed by atoms with E-state index in [4.69, 9.17) is 4.74 Å². The summed E-state index contributed by atoms with van der Waals surface area (Å²) in [6, 6.07) is 7.09. The molecule has 5 nitrogen and oxygen atoms in total. The van der Waals surface area contributed by atoms with Crippen LogP contribution in [0, 0.1) is 5.41 Å². The van der Waals surface area contributed by atoms with Crippen LogP contribution in [0.15, 0.2) is 23.7 Å². The van der Waals surface area contributed by atoms with Gasteiger partial charge in [0.25, 0.3) is 0 Å². The van der Waals surface area contributed by atoms with E-state index in [1.807, 2.05) is 5.51 Å². The minimum absolute atomic E-state index is 0.172. The standard InChI is InChI=1S/C22H31N3O2S/c26-19-12-22(15-25(14-19)18-4-10-27-11-5-18)6-8-24(9-7-22)13-17-2-1-3-20-21(17)28-16-23-20/h1-3,16,18-19,26H,4-15H2. The molecule has 0 bridgehead atoms.